The first-order valence-electron chi connectivity index (χ1n) is 8.27. The normalized spacial score (nSPS) is 10.9. The summed E-state index contributed by atoms with van der Waals surface area (Å²) in [6.45, 7) is 23.6. The fraction of sp³-hybridized carbons (Fsp3) is 0.700. The molecular weight excluding hydrogens is 256 g/mol. The summed E-state index contributed by atoms with van der Waals surface area (Å²) in [4.78, 5) is 0. The van der Waals surface area contributed by atoms with Crippen molar-refractivity contribution in [1.29, 1.82) is 0 Å². The zero-order valence-electron chi connectivity index (χ0n) is 16.6. The van der Waals surface area contributed by atoms with Gasteiger partial charge in [0.15, 0.2) is 0 Å². The second-order valence-electron chi connectivity index (χ2n) is 6.87. The zero-order chi connectivity index (χ0) is 17.4. The van der Waals surface area contributed by atoms with Crippen LogP contribution in [0.5, 0.6) is 5.75 Å². The number of ether oxygens (including phenoxy) is 1. The molecule has 1 rings (SSSR count). The van der Waals surface area contributed by atoms with E-state index in [0.29, 0.717) is 0 Å². The quantitative estimate of drug-likeness (QED) is 0.563. The molecule has 0 N–H and O–H groups in total. The molecule has 0 aliphatic carbocycles. The van der Waals surface area contributed by atoms with Gasteiger partial charge in [-0.15, -0.1) is 0 Å². The van der Waals surface area contributed by atoms with Crippen LogP contribution < -0.4 is 4.74 Å². The van der Waals surface area contributed by atoms with E-state index in [4.69, 9.17) is 4.74 Å². The molecule has 1 nitrogen and oxygen atoms in total. The molecule has 0 unspecified atom stereocenters. The van der Waals surface area contributed by atoms with Crippen molar-refractivity contribution in [3.8, 4) is 5.75 Å². The van der Waals surface area contributed by atoms with E-state index >= 15 is 0 Å². The Morgan fingerprint density at radius 1 is 0.762 bits per heavy atom. The van der Waals surface area contributed by atoms with Crippen LogP contribution >= 0.6 is 0 Å². The minimum absolute atomic E-state index is 0.108. The lowest BCUT2D eigenvalue weighted by atomic mass is 9.79. The van der Waals surface area contributed by atoms with E-state index in [0.717, 1.165) is 5.75 Å². The minimum Gasteiger partial charge on any atom is -0.496 e. The van der Waals surface area contributed by atoms with Gasteiger partial charge in [0.2, 0.25) is 0 Å². The largest absolute Gasteiger partial charge is 0.496 e. The molecule has 0 aromatic heterocycles. The van der Waals surface area contributed by atoms with Gasteiger partial charge in [-0.05, 0) is 28.9 Å². The van der Waals surface area contributed by atoms with Gasteiger partial charge in [0.1, 0.15) is 5.75 Å². The maximum atomic E-state index is 5.57. The van der Waals surface area contributed by atoms with Crippen LogP contribution in [0.4, 0.5) is 0 Å². The Hall–Kier alpha value is -0.980. The van der Waals surface area contributed by atoms with Crippen molar-refractivity contribution < 1.29 is 4.74 Å². The van der Waals surface area contributed by atoms with Gasteiger partial charge < -0.3 is 4.74 Å². The third kappa shape index (κ3) is 6.54. The van der Waals surface area contributed by atoms with Crippen molar-refractivity contribution in [2.45, 2.75) is 87.0 Å². The van der Waals surface area contributed by atoms with E-state index in [2.05, 4.69) is 60.6 Å². The molecule has 0 saturated carbocycles. The van der Waals surface area contributed by atoms with Crippen LogP contribution in [-0.4, -0.2) is 7.11 Å². The third-order valence-corrected chi connectivity index (χ3v) is 3.15. The number of hydrogen-bond acceptors (Lipinski definition) is 1. The van der Waals surface area contributed by atoms with E-state index in [1.54, 1.807) is 7.11 Å². The van der Waals surface area contributed by atoms with Crippen LogP contribution in [0.2, 0.25) is 0 Å². The average Bonchev–Trinajstić information content (AvgIpc) is 2.40. The molecule has 1 aromatic carbocycles. The Kier molecular flexibility index (Phi) is 9.69. The van der Waals surface area contributed by atoms with Crippen molar-refractivity contribution >= 4 is 0 Å². The van der Waals surface area contributed by atoms with Crippen molar-refractivity contribution in [2.24, 2.45) is 0 Å². The highest BCUT2D eigenvalue weighted by atomic mass is 16.5. The molecule has 0 radical (unpaired) electrons. The van der Waals surface area contributed by atoms with Crippen LogP contribution in [0.1, 0.15) is 85.9 Å². The van der Waals surface area contributed by atoms with Gasteiger partial charge in [-0.1, -0.05) is 81.4 Å². The molecule has 0 aliphatic rings. The Morgan fingerprint density at radius 3 is 1.48 bits per heavy atom. The molecule has 0 fully saturated rings. The first-order chi connectivity index (χ1) is 9.57. The van der Waals surface area contributed by atoms with E-state index < -0.39 is 0 Å². The predicted octanol–water partition coefficient (Wildman–Crippen LogP) is 6.65. The molecule has 21 heavy (non-hydrogen) atoms. The highest BCUT2D eigenvalue weighted by Crippen LogP contribution is 2.37. The number of rotatable bonds is 1. The second-order valence-corrected chi connectivity index (χ2v) is 6.87. The fourth-order valence-corrected chi connectivity index (χ4v) is 2.03. The molecule has 0 aliphatic heterocycles. The van der Waals surface area contributed by atoms with E-state index in [1.165, 1.54) is 16.7 Å². The average molecular weight is 295 g/mol. The highest BCUT2D eigenvalue weighted by molar-refractivity contribution is 5.48. The summed E-state index contributed by atoms with van der Waals surface area (Å²) in [5, 5.41) is 0. The summed E-state index contributed by atoms with van der Waals surface area (Å²) in [6, 6.07) is 4.54. The summed E-state index contributed by atoms with van der Waals surface area (Å²) in [5.74, 6) is 1.03. The number of aryl methyl sites for hydroxylation is 1. The van der Waals surface area contributed by atoms with E-state index in [9.17, 15) is 0 Å². The Morgan fingerprint density at radius 2 is 1.19 bits per heavy atom. The summed E-state index contributed by atoms with van der Waals surface area (Å²) in [5.41, 5.74) is 4.18. The lowest BCUT2D eigenvalue weighted by molar-refractivity contribution is 0.393. The standard InChI is InChI=1S/C16H26O.2C2H6/c1-11-9-12(15(2,3)4)10-13(14(11)17-8)16(5,6)7;2*1-2/h9-10H,1-8H3;2*1-2H3. The summed E-state index contributed by atoms with van der Waals surface area (Å²) >= 11 is 0. The fourth-order valence-electron chi connectivity index (χ4n) is 2.03. The molecule has 0 saturated heterocycles. The van der Waals surface area contributed by atoms with Gasteiger partial charge in [0, 0.05) is 5.56 Å². The van der Waals surface area contributed by atoms with Crippen LogP contribution in [0.25, 0.3) is 0 Å². The van der Waals surface area contributed by atoms with Crippen LogP contribution in [-0.2, 0) is 10.8 Å². The molecule has 0 heterocycles. The van der Waals surface area contributed by atoms with E-state index in [-0.39, 0.29) is 10.8 Å². The van der Waals surface area contributed by atoms with Gasteiger partial charge in [-0.3, -0.25) is 0 Å². The summed E-state index contributed by atoms with van der Waals surface area (Å²) in [7, 11) is 1.76. The number of benzene rings is 1. The molecule has 124 valence electrons. The second kappa shape index (κ2) is 9.12. The maximum Gasteiger partial charge on any atom is 0.125 e. The summed E-state index contributed by atoms with van der Waals surface area (Å²) < 4.78 is 5.57. The Balaban J connectivity index is 0. The maximum absolute atomic E-state index is 5.57. The predicted molar refractivity (Wildman–Crippen MR) is 97.8 cm³/mol. The molecule has 1 aromatic rings. The van der Waals surface area contributed by atoms with Crippen molar-refractivity contribution in [3.63, 3.8) is 0 Å². The highest BCUT2D eigenvalue weighted by Gasteiger charge is 2.24. The third-order valence-electron chi connectivity index (χ3n) is 3.15. The molecule has 0 amide bonds. The lowest BCUT2D eigenvalue weighted by Crippen LogP contribution is -2.18. The Bertz CT molecular complexity index is 403. The molecule has 0 atom stereocenters. The van der Waals surface area contributed by atoms with Gasteiger partial charge in [0.05, 0.1) is 7.11 Å². The summed E-state index contributed by atoms with van der Waals surface area (Å²) in [6.07, 6.45) is 0. The number of hydrogen-bond donors (Lipinski definition) is 0. The molecule has 0 spiro atoms. The van der Waals surface area contributed by atoms with Gasteiger partial charge >= 0.3 is 0 Å². The van der Waals surface area contributed by atoms with Gasteiger partial charge in [-0.2, -0.15) is 0 Å². The molecule has 1 heteroatoms. The van der Waals surface area contributed by atoms with Gasteiger partial charge in [-0.25, -0.2) is 0 Å². The minimum atomic E-state index is 0.108. The monoisotopic (exact) mass is 294 g/mol. The van der Waals surface area contributed by atoms with Crippen molar-refractivity contribution in [2.75, 3.05) is 7.11 Å². The number of methoxy groups -OCH3 is 1. The topological polar surface area (TPSA) is 9.23 Å². The van der Waals surface area contributed by atoms with Crippen LogP contribution in [0.3, 0.4) is 0 Å². The zero-order valence-corrected chi connectivity index (χ0v) is 16.6. The smallest absolute Gasteiger partial charge is 0.125 e. The van der Waals surface area contributed by atoms with Gasteiger partial charge in [0.25, 0.3) is 0 Å². The SMILES string of the molecule is CC.CC.COc1c(C)cc(C(C)(C)C)cc1C(C)(C)C. The lowest BCUT2D eigenvalue weighted by Gasteiger charge is -2.28. The van der Waals surface area contributed by atoms with Crippen LogP contribution in [0, 0.1) is 6.92 Å². The first-order valence-corrected chi connectivity index (χ1v) is 8.27. The van der Waals surface area contributed by atoms with Crippen molar-refractivity contribution in [3.05, 3.63) is 28.8 Å². The first kappa shape index (κ1) is 22.3. The molecular formula is C20H38O. The van der Waals surface area contributed by atoms with Crippen molar-refractivity contribution in [1.82, 2.24) is 0 Å². The molecule has 0 bridgehead atoms. The van der Waals surface area contributed by atoms with E-state index in [1.807, 2.05) is 27.7 Å². The van der Waals surface area contributed by atoms with Crippen LogP contribution in [0.15, 0.2) is 12.1 Å². The Labute approximate surface area is 134 Å².